The highest BCUT2D eigenvalue weighted by Crippen LogP contribution is 2.39. The van der Waals surface area contributed by atoms with Crippen LogP contribution in [0.25, 0.3) is 0 Å². The second-order valence-corrected chi connectivity index (χ2v) is 12.0. The SMILES string of the molecule is Cc1nnc(SCC2CC(c3ccc(CO)cc3)OC(c3ccc(CNC(=O)NCc4ccccc4)cc3)O2)s1. The van der Waals surface area contributed by atoms with E-state index in [4.69, 9.17) is 9.47 Å². The molecule has 40 heavy (non-hydrogen) atoms. The van der Waals surface area contributed by atoms with E-state index in [0.29, 0.717) is 19.5 Å². The van der Waals surface area contributed by atoms with Crippen LogP contribution in [0.1, 0.15) is 51.6 Å². The van der Waals surface area contributed by atoms with E-state index in [0.717, 1.165) is 42.9 Å². The van der Waals surface area contributed by atoms with Gasteiger partial charge >= 0.3 is 6.03 Å². The van der Waals surface area contributed by atoms with E-state index in [-0.39, 0.29) is 24.8 Å². The Kier molecular flexibility index (Phi) is 9.80. The lowest BCUT2D eigenvalue weighted by molar-refractivity contribution is -0.245. The maximum absolute atomic E-state index is 12.2. The van der Waals surface area contributed by atoms with E-state index in [9.17, 15) is 9.90 Å². The molecule has 0 spiro atoms. The lowest BCUT2D eigenvalue weighted by atomic mass is 10.0. The zero-order valence-corrected chi connectivity index (χ0v) is 23.8. The minimum absolute atomic E-state index is 0.00790. The molecular weight excluding hydrogens is 544 g/mol. The fourth-order valence-electron chi connectivity index (χ4n) is 4.34. The minimum Gasteiger partial charge on any atom is -0.392 e. The minimum atomic E-state index is -0.533. The van der Waals surface area contributed by atoms with Crippen LogP contribution in [0, 0.1) is 6.92 Å². The lowest BCUT2D eigenvalue weighted by Crippen LogP contribution is -2.34. The molecular formula is C30H32N4O4S2. The number of hydrogen-bond donors (Lipinski definition) is 3. The van der Waals surface area contributed by atoms with Crippen LogP contribution in [0.15, 0.2) is 83.2 Å². The predicted molar refractivity (Wildman–Crippen MR) is 156 cm³/mol. The monoisotopic (exact) mass is 576 g/mol. The molecule has 4 aromatic rings. The molecule has 208 valence electrons. The number of benzene rings is 3. The van der Waals surface area contributed by atoms with E-state index in [2.05, 4.69) is 20.8 Å². The van der Waals surface area contributed by atoms with Crippen molar-refractivity contribution in [3.05, 3.63) is 112 Å². The molecule has 1 fully saturated rings. The molecule has 2 heterocycles. The van der Waals surface area contributed by atoms with Crippen molar-refractivity contribution < 1.29 is 19.4 Å². The van der Waals surface area contributed by atoms with Gasteiger partial charge in [-0.05, 0) is 29.2 Å². The molecule has 3 aromatic carbocycles. The van der Waals surface area contributed by atoms with Crippen LogP contribution in [-0.4, -0.2) is 33.2 Å². The summed E-state index contributed by atoms with van der Waals surface area (Å²) in [4.78, 5) is 12.2. The Balaban J connectivity index is 1.21. The Bertz CT molecular complexity index is 1370. The molecule has 0 radical (unpaired) electrons. The number of aliphatic hydroxyl groups excluding tert-OH is 1. The van der Waals surface area contributed by atoms with Crippen LogP contribution in [0.3, 0.4) is 0 Å². The van der Waals surface area contributed by atoms with Crippen LogP contribution in [0.5, 0.6) is 0 Å². The topological polar surface area (TPSA) is 106 Å². The van der Waals surface area contributed by atoms with Gasteiger partial charge in [-0.3, -0.25) is 0 Å². The fourth-order valence-corrected chi connectivity index (χ4v) is 6.20. The summed E-state index contributed by atoms with van der Waals surface area (Å²) in [6.45, 7) is 2.84. The molecule has 10 heteroatoms. The number of aromatic nitrogens is 2. The molecule has 3 N–H and O–H groups in total. The first kappa shape index (κ1) is 28.3. The molecule has 1 aliphatic rings. The van der Waals surface area contributed by atoms with Gasteiger partial charge in [0, 0.05) is 30.8 Å². The number of rotatable bonds is 10. The van der Waals surface area contributed by atoms with E-state index in [1.807, 2.05) is 85.8 Å². The van der Waals surface area contributed by atoms with Crippen LogP contribution in [-0.2, 0) is 29.2 Å². The number of thioether (sulfide) groups is 1. The number of amides is 2. The Labute approximate surface area is 242 Å². The normalized spacial score (nSPS) is 18.8. The molecule has 0 bridgehead atoms. The van der Waals surface area contributed by atoms with Gasteiger partial charge in [-0.25, -0.2) is 4.79 Å². The van der Waals surface area contributed by atoms with Crippen molar-refractivity contribution in [3.63, 3.8) is 0 Å². The summed E-state index contributed by atoms with van der Waals surface area (Å²) < 4.78 is 13.8. The number of aliphatic hydroxyl groups is 1. The second-order valence-electron chi connectivity index (χ2n) is 9.51. The highest BCUT2D eigenvalue weighted by atomic mass is 32.2. The third-order valence-electron chi connectivity index (χ3n) is 6.52. The van der Waals surface area contributed by atoms with Gasteiger partial charge in [0.2, 0.25) is 0 Å². The number of hydrogen-bond acceptors (Lipinski definition) is 8. The van der Waals surface area contributed by atoms with E-state index < -0.39 is 6.29 Å². The summed E-state index contributed by atoms with van der Waals surface area (Å²) in [6, 6.07) is 25.4. The van der Waals surface area contributed by atoms with Crippen LogP contribution in [0.2, 0.25) is 0 Å². The van der Waals surface area contributed by atoms with Gasteiger partial charge in [0.25, 0.3) is 0 Å². The fraction of sp³-hybridized carbons (Fsp3) is 0.300. The Morgan fingerprint density at radius 1 is 0.900 bits per heavy atom. The third-order valence-corrected chi connectivity index (χ3v) is 8.62. The highest BCUT2D eigenvalue weighted by molar-refractivity contribution is 8.01. The standard InChI is InChI=1S/C30H32N4O4S2/c1-20-33-34-30(40-20)39-19-26-15-27(24-11-9-23(18-35)10-12-24)38-28(37-26)25-13-7-22(8-14-25)17-32-29(36)31-16-21-5-3-2-4-6-21/h2-14,26-28,35H,15-19H2,1H3,(H2,31,32,36). The average molecular weight is 577 g/mol. The number of nitrogens with one attached hydrogen (secondary N) is 2. The molecule has 2 amide bonds. The molecule has 3 unspecified atom stereocenters. The van der Waals surface area contributed by atoms with E-state index in [1.54, 1.807) is 23.1 Å². The number of carbonyl (C=O) groups excluding carboxylic acids is 1. The molecule has 5 rings (SSSR count). The molecule has 0 aliphatic carbocycles. The number of aryl methyl sites for hydroxylation is 1. The maximum Gasteiger partial charge on any atom is 0.315 e. The number of nitrogens with zero attached hydrogens (tertiary/aromatic N) is 2. The molecule has 0 saturated carbocycles. The maximum atomic E-state index is 12.2. The number of urea groups is 1. The Morgan fingerprint density at radius 2 is 1.55 bits per heavy atom. The van der Waals surface area contributed by atoms with E-state index in [1.165, 1.54) is 0 Å². The van der Waals surface area contributed by atoms with Crippen LogP contribution >= 0.6 is 23.1 Å². The molecule has 1 aromatic heterocycles. The second kappa shape index (κ2) is 13.9. The van der Waals surface area contributed by atoms with Crippen LogP contribution < -0.4 is 10.6 Å². The molecule has 1 saturated heterocycles. The first-order valence-electron chi connectivity index (χ1n) is 13.1. The largest absolute Gasteiger partial charge is 0.392 e. The predicted octanol–water partition coefficient (Wildman–Crippen LogP) is 5.68. The molecule has 3 atom stereocenters. The van der Waals surface area contributed by atoms with Gasteiger partial charge in [0.05, 0.1) is 18.8 Å². The van der Waals surface area contributed by atoms with Crippen molar-refractivity contribution in [2.45, 2.75) is 55.9 Å². The van der Waals surface area contributed by atoms with Gasteiger partial charge in [0.1, 0.15) is 5.01 Å². The van der Waals surface area contributed by atoms with E-state index >= 15 is 0 Å². The Hall–Kier alpha value is -3.28. The van der Waals surface area contributed by atoms with Gasteiger partial charge < -0.3 is 25.2 Å². The smallest absolute Gasteiger partial charge is 0.315 e. The van der Waals surface area contributed by atoms with Crippen molar-refractivity contribution in [2.24, 2.45) is 0 Å². The first-order valence-corrected chi connectivity index (χ1v) is 14.9. The van der Waals surface area contributed by atoms with Gasteiger partial charge in [-0.1, -0.05) is 102 Å². The summed E-state index contributed by atoms with van der Waals surface area (Å²) in [6.07, 6.45) is -0.0259. The van der Waals surface area contributed by atoms with Gasteiger partial charge in [-0.15, -0.1) is 10.2 Å². The summed E-state index contributed by atoms with van der Waals surface area (Å²) in [7, 11) is 0. The van der Waals surface area contributed by atoms with Crippen molar-refractivity contribution in [1.82, 2.24) is 20.8 Å². The first-order chi connectivity index (χ1) is 19.6. The molecule has 1 aliphatic heterocycles. The zero-order valence-electron chi connectivity index (χ0n) is 22.2. The summed E-state index contributed by atoms with van der Waals surface area (Å²) >= 11 is 3.23. The highest BCUT2D eigenvalue weighted by Gasteiger charge is 2.32. The third kappa shape index (κ3) is 7.89. The van der Waals surface area contributed by atoms with Crippen LogP contribution in [0.4, 0.5) is 4.79 Å². The quantitative estimate of drug-likeness (QED) is 0.209. The summed E-state index contributed by atoms with van der Waals surface area (Å²) in [5, 5.41) is 24.5. The van der Waals surface area contributed by atoms with Gasteiger partial charge in [-0.2, -0.15) is 0 Å². The molecule has 8 nitrogen and oxygen atoms in total. The van der Waals surface area contributed by atoms with Crippen molar-refractivity contribution in [1.29, 1.82) is 0 Å². The van der Waals surface area contributed by atoms with Crippen molar-refractivity contribution in [3.8, 4) is 0 Å². The summed E-state index contributed by atoms with van der Waals surface area (Å²) in [5.41, 5.74) is 4.85. The van der Waals surface area contributed by atoms with Gasteiger partial charge in [0.15, 0.2) is 10.6 Å². The number of ether oxygens (including phenoxy) is 2. The summed E-state index contributed by atoms with van der Waals surface area (Å²) in [5.74, 6) is 0.736. The Morgan fingerprint density at radius 3 is 2.20 bits per heavy atom. The average Bonchev–Trinajstić information content (AvgIpc) is 3.43. The van der Waals surface area contributed by atoms with Crippen molar-refractivity contribution in [2.75, 3.05) is 5.75 Å². The lowest BCUT2D eigenvalue weighted by Gasteiger charge is -2.36. The number of carbonyl (C=O) groups is 1. The zero-order chi connectivity index (χ0) is 27.7. The van der Waals surface area contributed by atoms with Crippen molar-refractivity contribution >= 4 is 29.1 Å².